The van der Waals surface area contributed by atoms with Crippen molar-refractivity contribution in [3.8, 4) is 5.75 Å². The summed E-state index contributed by atoms with van der Waals surface area (Å²) in [6.07, 6.45) is 5.27. The van der Waals surface area contributed by atoms with Gasteiger partial charge in [0.15, 0.2) is 6.61 Å². The Morgan fingerprint density at radius 1 is 1.15 bits per heavy atom. The number of benzene rings is 1. The zero-order valence-electron chi connectivity index (χ0n) is 12.2. The number of aryl methyl sites for hydroxylation is 1. The van der Waals surface area contributed by atoms with E-state index in [1.165, 1.54) is 31.2 Å². The summed E-state index contributed by atoms with van der Waals surface area (Å²) in [6.45, 7) is 4.10. The number of fused-ring (bicyclic) bond motifs is 1. The highest BCUT2D eigenvalue weighted by atomic mass is 16.5. The first-order valence-corrected chi connectivity index (χ1v) is 7.69. The zero-order chi connectivity index (χ0) is 13.9. The molecule has 1 amide bonds. The van der Waals surface area contributed by atoms with Crippen LogP contribution in [0.5, 0.6) is 5.75 Å². The van der Waals surface area contributed by atoms with E-state index in [1.54, 1.807) is 0 Å². The number of carbonyl (C=O) groups excluding carboxylic acids is 1. The van der Waals surface area contributed by atoms with Gasteiger partial charge in [-0.1, -0.05) is 30.5 Å². The molecule has 20 heavy (non-hydrogen) atoms. The first-order chi connectivity index (χ1) is 9.72. The Balaban J connectivity index is 1.51. The summed E-state index contributed by atoms with van der Waals surface area (Å²) < 4.78 is 5.60. The molecule has 0 aromatic heterocycles. The highest BCUT2D eigenvalue weighted by Crippen LogP contribution is 2.35. The average Bonchev–Trinajstić information content (AvgIpc) is 2.90. The fraction of sp³-hybridized carbons (Fsp3) is 0.588. The molecule has 1 aliphatic carbocycles. The maximum Gasteiger partial charge on any atom is 0.260 e. The molecule has 0 N–H and O–H groups in total. The number of carbonyl (C=O) groups is 1. The third-order valence-corrected chi connectivity index (χ3v) is 4.71. The third kappa shape index (κ3) is 2.97. The number of hydrogen-bond donors (Lipinski definition) is 0. The van der Waals surface area contributed by atoms with Gasteiger partial charge in [-0.25, -0.2) is 0 Å². The Kier molecular flexibility index (Phi) is 3.95. The maximum atomic E-state index is 12.2. The van der Waals surface area contributed by atoms with E-state index in [1.807, 2.05) is 36.1 Å². The minimum absolute atomic E-state index is 0.139. The van der Waals surface area contributed by atoms with Crippen LogP contribution in [0.1, 0.15) is 31.2 Å². The molecule has 2 unspecified atom stereocenters. The zero-order valence-corrected chi connectivity index (χ0v) is 12.2. The van der Waals surface area contributed by atoms with E-state index < -0.39 is 0 Å². The Morgan fingerprint density at radius 2 is 1.75 bits per heavy atom. The van der Waals surface area contributed by atoms with E-state index in [2.05, 4.69) is 0 Å². The molecular formula is C17H23NO2. The number of hydrogen-bond acceptors (Lipinski definition) is 2. The second kappa shape index (κ2) is 5.86. The van der Waals surface area contributed by atoms with Crippen LogP contribution in [0.2, 0.25) is 0 Å². The Hall–Kier alpha value is -1.51. The molecule has 1 saturated heterocycles. The molecule has 0 radical (unpaired) electrons. The van der Waals surface area contributed by atoms with Crippen molar-refractivity contribution in [2.45, 2.75) is 32.6 Å². The monoisotopic (exact) mass is 273 g/mol. The van der Waals surface area contributed by atoms with E-state index in [0.717, 1.165) is 30.7 Å². The predicted molar refractivity (Wildman–Crippen MR) is 78.7 cm³/mol. The summed E-state index contributed by atoms with van der Waals surface area (Å²) in [5.74, 6) is 2.40. The molecule has 0 spiro atoms. The predicted octanol–water partition coefficient (Wildman–Crippen LogP) is 3.02. The van der Waals surface area contributed by atoms with Gasteiger partial charge in [0.1, 0.15) is 5.75 Å². The van der Waals surface area contributed by atoms with Crippen LogP contribution in [-0.4, -0.2) is 30.5 Å². The van der Waals surface area contributed by atoms with Crippen LogP contribution in [0.15, 0.2) is 24.3 Å². The van der Waals surface area contributed by atoms with Gasteiger partial charge in [-0.05, 0) is 43.7 Å². The van der Waals surface area contributed by atoms with Gasteiger partial charge >= 0.3 is 0 Å². The lowest BCUT2D eigenvalue weighted by Crippen LogP contribution is -2.33. The molecule has 1 aromatic rings. The maximum absolute atomic E-state index is 12.2. The molecule has 1 saturated carbocycles. The van der Waals surface area contributed by atoms with Crippen LogP contribution >= 0.6 is 0 Å². The molecule has 2 fully saturated rings. The normalized spacial score (nSPS) is 25.4. The smallest absolute Gasteiger partial charge is 0.260 e. The van der Waals surface area contributed by atoms with Crippen LogP contribution < -0.4 is 4.74 Å². The van der Waals surface area contributed by atoms with Gasteiger partial charge < -0.3 is 9.64 Å². The van der Waals surface area contributed by atoms with Crippen LogP contribution in [0, 0.1) is 18.8 Å². The molecule has 108 valence electrons. The van der Waals surface area contributed by atoms with Gasteiger partial charge in [0.05, 0.1) is 0 Å². The largest absolute Gasteiger partial charge is 0.484 e. The lowest BCUT2D eigenvalue weighted by atomic mass is 9.82. The minimum atomic E-state index is 0.139. The van der Waals surface area contributed by atoms with Gasteiger partial charge in [-0.3, -0.25) is 4.79 Å². The first kappa shape index (κ1) is 13.5. The first-order valence-electron chi connectivity index (χ1n) is 7.69. The molecule has 1 aliphatic heterocycles. The van der Waals surface area contributed by atoms with E-state index in [0.29, 0.717) is 0 Å². The van der Waals surface area contributed by atoms with Gasteiger partial charge in [0, 0.05) is 13.1 Å². The third-order valence-electron chi connectivity index (χ3n) is 4.71. The van der Waals surface area contributed by atoms with Crippen molar-refractivity contribution in [1.29, 1.82) is 0 Å². The number of nitrogens with zero attached hydrogens (tertiary/aromatic N) is 1. The fourth-order valence-corrected chi connectivity index (χ4v) is 3.48. The molecule has 1 heterocycles. The SMILES string of the molecule is Cc1ccc(OCC(=O)N2CC3CCCCC3C2)cc1. The fourth-order valence-electron chi connectivity index (χ4n) is 3.48. The molecular weight excluding hydrogens is 250 g/mol. The lowest BCUT2D eigenvalue weighted by molar-refractivity contribution is -0.132. The minimum Gasteiger partial charge on any atom is -0.484 e. The van der Waals surface area contributed by atoms with Crippen molar-refractivity contribution in [3.05, 3.63) is 29.8 Å². The summed E-state index contributed by atoms with van der Waals surface area (Å²) in [7, 11) is 0. The van der Waals surface area contributed by atoms with Crippen molar-refractivity contribution in [3.63, 3.8) is 0 Å². The Labute approximate surface area is 120 Å². The molecule has 3 rings (SSSR count). The van der Waals surface area contributed by atoms with E-state index in [9.17, 15) is 4.79 Å². The van der Waals surface area contributed by atoms with Gasteiger partial charge in [0.25, 0.3) is 5.91 Å². The van der Waals surface area contributed by atoms with Gasteiger partial charge in [-0.2, -0.15) is 0 Å². The van der Waals surface area contributed by atoms with Crippen molar-refractivity contribution < 1.29 is 9.53 Å². The van der Waals surface area contributed by atoms with Gasteiger partial charge in [0.2, 0.25) is 0 Å². The second-order valence-electron chi connectivity index (χ2n) is 6.21. The molecule has 3 heteroatoms. The number of likely N-dealkylation sites (tertiary alicyclic amines) is 1. The molecule has 0 bridgehead atoms. The lowest BCUT2D eigenvalue weighted by Gasteiger charge is -2.22. The van der Waals surface area contributed by atoms with Crippen LogP contribution in [0.4, 0.5) is 0 Å². The second-order valence-corrected chi connectivity index (χ2v) is 6.21. The number of rotatable bonds is 3. The summed E-state index contributed by atoms with van der Waals surface area (Å²) in [6, 6.07) is 7.85. The summed E-state index contributed by atoms with van der Waals surface area (Å²) in [5, 5.41) is 0. The molecule has 1 aromatic carbocycles. The summed E-state index contributed by atoms with van der Waals surface area (Å²) >= 11 is 0. The van der Waals surface area contributed by atoms with Crippen molar-refractivity contribution in [2.24, 2.45) is 11.8 Å². The van der Waals surface area contributed by atoms with Crippen LogP contribution in [-0.2, 0) is 4.79 Å². The highest BCUT2D eigenvalue weighted by Gasteiger charge is 2.36. The number of ether oxygens (including phenoxy) is 1. The van der Waals surface area contributed by atoms with Crippen molar-refractivity contribution in [1.82, 2.24) is 4.90 Å². The molecule has 2 aliphatic rings. The van der Waals surface area contributed by atoms with Crippen LogP contribution in [0.25, 0.3) is 0 Å². The van der Waals surface area contributed by atoms with Crippen LogP contribution in [0.3, 0.4) is 0 Å². The van der Waals surface area contributed by atoms with Crippen molar-refractivity contribution >= 4 is 5.91 Å². The topological polar surface area (TPSA) is 29.5 Å². The van der Waals surface area contributed by atoms with E-state index in [-0.39, 0.29) is 12.5 Å². The van der Waals surface area contributed by atoms with E-state index in [4.69, 9.17) is 4.74 Å². The number of amides is 1. The highest BCUT2D eigenvalue weighted by molar-refractivity contribution is 5.78. The quantitative estimate of drug-likeness (QED) is 0.847. The molecule has 3 nitrogen and oxygen atoms in total. The van der Waals surface area contributed by atoms with Crippen molar-refractivity contribution in [2.75, 3.05) is 19.7 Å². The molecule has 2 atom stereocenters. The Bertz CT molecular complexity index is 454. The summed E-state index contributed by atoms with van der Waals surface area (Å²) in [4.78, 5) is 14.2. The summed E-state index contributed by atoms with van der Waals surface area (Å²) in [5.41, 5.74) is 1.20. The standard InChI is InChI=1S/C17H23NO2/c1-13-6-8-16(9-7-13)20-12-17(19)18-10-14-4-2-3-5-15(14)11-18/h6-9,14-15H,2-5,10-12H2,1H3. The van der Waals surface area contributed by atoms with Gasteiger partial charge in [-0.15, -0.1) is 0 Å². The average molecular weight is 273 g/mol. The Morgan fingerprint density at radius 3 is 2.35 bits per heavy atom. The van der Waals surface area contributed by atoms with E-state index >= 15 is 0 Å².